The van der Waals surface area contributed by atoms with E-state index in [0.29, 0.717) is 5.56 Å². The number of ether oxygens (including phenoxy) is 1. The number of aryl methyl sites for hydroxylation is 2. The van der Waals surface area contributed by atoms with Crippen molar-refractivity contribution in [3.05, 3.63) is 62.7 Å². The highest BCUT2D eigenvalue weighted by atomic mass is 127. The quantitative estimate of drug-likeness (QED) is 0.619. The number of halogens is 1. The molecule has 0 saturated carbocycles. The van der Waals surface area contributed by atoms with Crippen molar-refractivity contribution in [1.29, 1.82) is 0 Å². The van der Waals surface area contributed by atoms with Gasteiger partial charge in [-0.05, 0) is 71.8 Å². The van der Waals surface area contributed by atoms with Crippen molar-refractivity contribution in [2.75, 3.05) is 11.9 Å². The van der Waals surface area contributed by atoms with Gasteiger partial charge in [0, 0.05) is 9.26 Å². The van der Waals surface area contributed by atoms with Crippen LogP contribution in [-0.2, 0) is 9.53 Å². The van der Waals surface area contributed by atoms with Crippen LogP contribution in [0.25, 0.3) is 0 Å². The fraction of sp³-hybridized carbons (Fsp3) is 0.176. The molecule has 0 aliphatic carbocycles. The Balaban J connectivity index is 1.95. The third-order valence-corrected chi connectivity index (χ3v) is 3.73. The van der Waals surface area contributed by atoms with Gasteiger partial charge in [-0.1, -0.05) is 18.2 Å². The third-order valence-electron chi connectivity index (χ3n) is 3.11. The molecule has 4 nitrogen and oxygen atoms in total. The molecule has 2 rings (SSSR count). The first-order chi connectivity index (χ1) is 10.5. The molecule has 0 aliphatic heterocycles. The van der Waals surface area contributed by atoms with Gasteiger partial charge in [0.2, 0.25) is 0 Å². The lowest BCUT2D eigenvalue weighted by Gasteiger charge is -2.12. The summed E-state index contributed by atoms with van der Waals surface area (Å²) in [5, 5.41) is 2.79. The van der Waals surface area contributed by atoms with Gasteiger partial charge in [-0.3, -0.25) is 4.79 Å². The Labute approximate surface area is 143 Å². The van der Waals surface area contributed by atoms with Crippen LogP contribution in [0.5, 0.6) is 0 Å². The molecule has 2 aromatic rings. The first-order valence-electron chi connectivity index (χ1n) is 6.76. The lowest BCUT2D eigenvalue weighted by Crippen LogP contribution is -2.21. The smallest absolute Gasteiger partial charge is 0.338 e. The van der Waals surface area contributed by atoms with Crippen LogP contribution in [-0.4, -0.2) is 18.5 Å². The van der Waals surface area contributed by atoms with E-state index in [2.05, 4.69) is 27.9 Å². The summed E-state index contributed by atoms with van der Waals surface area (Å²) in [6, 6.07) is 12.6. The van der Waals surface area contributed by atoms with Gasteiger partial charge >= 0.3 is 5.97 Å². The van der Waals surface area contributed by atoms with E-state index in [1.165, 1.54) is 0 Å². The summed E-state index contributed by atoms with van der Waals surface area (Å²) in [5.41, 5.74) is 3.15. The van der Waals surface area contributed by atoms with Gasteiger partial charge in [0.05, 0.1) is 5.56 Å². The molecule has 0 bridgehead atoms. The summed E-state index contributed by atoms with van der Waals surface area (Å²) in [7, 11) is 0. The highest BCUT2D eigenvalue weighted by Gasteiger charge is 2.12. The van der Waals surface area contributed by atoms with Gasteiger partial charge in [-0.15, -0.1) is 0 Å². The van der Waals surface area contributed by atoms with Crippen LogP contribution >= 0.6 is 22.6 Å². The number of nitrogens with one attached hydrogen (secondary N) is 1. The number of anilines is 1. The number of carbonyl (C=O) groups is 2. The van der Waals surface area contributed by atoms with E-state index in [1.54, 1.807) is 24.3 Å². The van der Waals surface area contributed by atoms with Crippen molar-refractivity contribution in [2.45, 2.75) is 13.8 Å². The monoisotopic (exact) mass is 409 g/mol. The second-order valence-electron chi connectivity index (χ2n) is 4.90. The number of hydrogen-bond donors (Lipinski definition) is 1. The lowest BCUT2D eigenvalue weighted by molar-refractivity contribution is -0.119. The summed E-state index contributed by atoms with van der Waals surface area (Å²) in [6.45, 7) is 3.56. The topological polar surface area (TPSA) is 55.4 Å². The fourth-order valence-electron chi connectivity index (χ4n) is 2.07. The van der Waals surface area contributed by atoms with Crippen molar-refractivity contribution in [3.8, 4) is 0 Å². The van der Waals surface area contributed by atoms with Crippen LogP contribution in [0.15, 0.2) is 42.5 Å². The zero-order chi connectivity index (χ0) is 16.1. The van der Waals surface area contributed by atoms with Crippen molar-refractivity contribution in [2.24, 2.45) is 0 Å². The highest BCUT2D eigenvalue weighted by molar-refractivity contribution is 14.1. The first kappa shape index (κ1) is 16.5. The predicted molar refractivity (Wildman–Crippen MR) is 94.0 cm³/mol. The molecule has 0 saturated heterocycles. The summed E-state index contributed by atoms with van der Waals surface area (Å²) < 4.78 is 6.13. The third kappa shape index (κ3) is 4.30. The van der Waals surface area contributed by atoms with Gasteiger partial charge in [0.25, 0.3) is 5.91 Å². The molecule has 0 fully saturated rings. The fourth-order valence-corrected chi connectivity index (χ4v) is 3.01. The minimum atomic E-state index is -0.508. The maximum atomic E-state index is 11.9. The van der Waals surface area contributed by atoms with Crippen molar-refractivity contribution < 1.29 is 14.3 Å². The van der Waals surface area contributed by atoms with Gasteiger partial charge in [0.1, 0.15) is 0 Å². The first-order valence-corrected chi connectivity index (χ1v) is 7.84. The van der Waals surface area contributed by atoms with Crippen molar-refractivity contribution >= 4 is 40.2 Å². The zero-order valence-electron chi connectivity index (χ0n) is 12.4. The van der Waals surface area contributed by atoms with E-state index in [4.69, 9.17) is 4.74 Å². The molecule has 0 radical (unpaired) electrons. The Morgan fingerprint density at radius 1 is 1.09 bits per heavy atom. The average molecular weight is 409 g/mol. The van der Waals surface area contributed by atoms with Gasteiger partial charge in [-0.2, -0.15) is 0 Å². The zero-order valence-corrected chi connectivity index (χ0v) is 14.5. The number of amides is 1. The van der Waals surface area contributed by atoms with E-state index in [-0.39, 0.29) is 12.5 Å². The molecule has 22 heavy (non-hydrogen) atoms. The van der Waals surface area contributed by atoms with E-state index < -0.39 is 5.97 Å². The van der Waals surface area contributed by atoms with Crippen LogP contribution in [0.2, 0.25) is 0 Å². The molecule has 0 spiro atoms. The molecule has 5 heteroatoms. The standard InChI is InChI=1S/C17H16INO3/c1-11-8-14(18)9-12(2)16(11)19-15(20)10-22-17(21)13-6-4-3-5-7-13/h3-9H,10H2,1-2H3,(H,19,20). The van der Waals surface area contributed by atoms with E-state index in [0.717, 1.165) is 20.4 Å². The molecule has 0 unspecified atom stereocenters. The normalized spacial score (nSPS) is 10.1. The number of esters is 1. The second-order valence-corrected chi connectivity index (χ2v) is 6.15. The highest BCUT2D eigenvalue weighted by Crippen LogP contribution is 2.23. The van der Waals surface area contributed by atoms with Crippen molar-refractivity contribution in [3.63, 3.8) is 0 Å². The largest absolute Gasteiger partial charge is 0.452 e. The second kappa shape index (κ2) is 7.40. The molecule has 1 N–H and O–H groups in total. The maximum absolute atomic E-state index is 11.9. The van der Waals surface area contributed by atoms with Crippen LogP contribution in [0.4, 0.5) is 5.69 Å². The van der Waals surface area contributed by atoms with Crippen LogP contribution in [0, 0.1) is 17.4 Å². The molecule has 0 atom stereocenters. The average Bonchev–Trinajstić information content (AvgIpc) is 2.49. The molecular weight excluding hydrogens is 393 g/mol. The predicted octanol–water partition coefficient (Wildman–Crippen LogP) is 3.70. The number of carbonyl (C=O) groups excluding carboxylic acids is 2. The van der Waals surface area contributed by atoms with E-state index in [9.17, 15) is 9.59 Å². The lowest BCUT2D eigenvalue weighted by atomic mass is 10.1. The maximum Gasteiger partial charge on any atom is 0.338 e. The van der Waals surface area contributed by atoms with Crippen molar-refractivity contribution in [1.82, 2.24) is 0 Å². The summed E-state index contributed by atoms with van der Waals surface area (Å²) in [5.74, 6) is -0.858. The van der Waals surface area contributed by atoms with Gasteiger partial charge < -0.3 is 10.1 Å². The number of rotatable bonds is 4. The number of benzene rings is 2. The Morgan fingerprint density at radius 2 is 1.68 bits per heavy atom. The van der Waals surface area contributed by atoms with E-state index in [1.807, 2.05) is 32.0 Å². The molecule has 1 amide bonds. The SMILES string of the molecule is Cc1cc(I)cc(C)c1NC(=O)COC(=O)c1ccccc1. The number of hydrogen-bond acceptors (Lipinski definition) is 3. The summed E-state index contributed by atoms with van der Waals surface area (Å²) >= 11 is 2.23. The molecule has 2 aromatic carbocycles. The van der Waals surface area contributed by atoms with Gasteiger partial charge in [-0.25, -0.2) is 4.79 Å². The molecule has 0 heterocycles. The van der Waals surface area contributed by atoms with Crippen LogP contribution in [0.3, 0.4) is 0 Å². The Hall–Kier alpha value is -1.89. The Bertz CT molecular complexity index is 675. The van der Waals surface area contributed by atoms with Gasteiger partial charge in [0.15, 0.2) is 6.61 Å². The molecule has 114 valence electrons. The minimum Gasteiger partial charge on any atom is -0.452 e. The molecular formula is C17H16INO3. The van der Waals surface area contributed by atoms with Crippen LogP contribution < -0.4 is 5.32 Å². The van der Waals surface area contributed by atoms with E-state index >= 15 is 0 Å². The molecule has 0 aromatic heterocycles. The summed E-state index contributed by atoms with van der Waals surface area (Å²) in [4.78, 5) is 23.7. The Kier molecular flexibility index (Phi) is 5.54. The molecule has 0 aliphatic rings. The van der Waals surface area contributed by atoms with Crippen LogP contribution in [0.1, 0.15) is 21.5 Å². The summed E-state index contributed by atoms with van der Waals surface area (Å²) in [6.07, 6.45) is 0. The Morgan fingerprint density at radius 3 is 2.27 bits per heavy atom. The minimum absolute atomic E-state index is 0.307.